The van der Waals surface area contributed by atoms with Crippen LogP contribution in [0.25, 0.3) is 0 Å². The number of anilines is 2. The number of benzene rings is 2. The van der Waals surface area contributed by atoms with Gasteiger partial charge in [0.15, 0.2) is 0 Å². The molecule has 1 aliphatic heterocycles. The van der Waals surface area contributed by atoms with Crippen molar-refractivity contribution in [2.45, 2.75) is 18.2 Å². The number of fused-ring (bicyclic) bond motifs is 1. The number of para-hydroxylation sites is 1. The number of ether oxygens (including phenoxy) is 1. The maximum absolute atomic E-state index is 12.6. The van der Waals surface area contributed by atoms with Crippen LogP contribution in [0.15, 0.2) is 47.4 Å². The number of hydrogen-bond donors (Lipinski definition) is 1. The maximum atomic E-state index is 12.6. The van der Waals surface area contributed by atoms with Crippen molar-refractivity contribution in [2.24, 2.45) is 0 Å². The van der Waals surface area contributed by atoms with Crippen molar-refractivity contribution in [3.05, 3.63) is 48.0 Å². The molecule has 0 saturated carbocycles. The van der Waals surface area contributed by atoms with E-state index in [2.05, 4.69) is 4.72 Å². The molecule has 0 spiro atoms. The van der Waals surface area contributed by atoms with Gasteiger partial charge in [-0.3, -0.25) is 9.52 Å². The molecule has 126 valence electrons. The van der Waals surface area contributed by atoms with E-state index in [4.69, 9.17) is 4.74 Å². The van der Waals surface area contributed by atoms with Gasteiger partial charge >= 0.3 is 0 Å². The smallest absolute Gasteiger partial charge is 0.261 e. The van der Waals surface area contributed by atoms with Crippen LogP contribution in [0.4, 0.5) is 11.4 Å². The van der Waals surface area contributed by atoms with Crippen LogP contribution in [-0.4, -0.2) is 28.0 Å². The van der Waals surface area contributed by atoms with Gasteiger partial charge in [-0.1, -0.05) is 12.1 Å². The van der Waals surface area contributed by atoms with Gasteiger partial charge < -0.3 is 9.64 Å². The standard InChI is InChI=1S/C17H18N2O4S/c1-12(20)19-11-10-13-4-3-5-16(17(13)19)18-24(21,22)15-8-6-14(23-2)7-9-15/h3-9,18H,10-11H2,1-2H3. The average Bonchev–Trinajstić information content (AvgIpc) is 3.00. The summed E-state index contributed by atoms with van der Waals surface area (Å²) in [4.78, 5) is 13.5. The lowest BCUT2D eigenvalue weighted by atomic mass is 10.1. The molecule has 0 saturated heterocycles. The molecule has 2 aromatic carbocycles. The van der Waals surface area contributed by atoms with Crippen molar-refractivity contribution >= 4 is 27.3 Å². The lowest BCUT2D eigenvalue weighted by molar-refractivity contribution is -0.116. The minimum Gasteiger partial charge on any atom is -0.497 e. The first-order chi connectivity index (χ1) is 11.4. The van der Waals surface area contributed by atoms with Crippen LogP contribution in [0, 0.1) is 0 Å². The van der Waals surface area contributed by atoms with Crippen LogP contribution in [0.5, 0.6) is 5.75 Å². The highest BCUT2D eigenvalue weighted by molar-refractivity contribution is 7.92. The lowest BCUT2D eigenvalue weighted by Crippen LogP contribution is -2.27. The van der Waals surface area contributed by atoms with Gasteiger partial charge in [-0.2, -0.15) is 0 Å². The van der Waals surface area contributed by atoms with Crippen LogP contribution < -0.4 is 14.4 Å². The predicted molar refractivity (Wildman–Crippen MR) is 92.0 cm³/mol. The van der Waals surface area contributed by atoms with Gasteiger partial charge in [0.1, 0.15) is 5.75 Å². The van der Waals surface area contributed by atoms with E-state index in [1.807, 2.05) is 6.07 Å². The summed E-state index contributed by atoms with van der Waals surface area (Å²) in [6, 6.07) is 11.5. The number of nitrogens with one attached hydrogen (secondary N) is 1. The third-order valence-corrected chi connectivity index (χ3v) is 5.37. The van der Waals surface area contributed by atoms with Gasteiger partial charge in [0.2, 0.25) is 5.91 Å². The molecule has 1 aliphatic rings. The van der Waals surface area contributed by atoms with Crippen LogP contribution in [-0.2, 0) is 21.2 Å². The number of carbonyl (C=O) groups is 1. The van der Waals surface area contributed by atoms with E-state index in [0.717, 1.165) is 5.56 Å². The SMILES string of the molecule is COc1ccc(S(=O)(=O)Nc2cccc3c2N(C(C)=O)CC3)cc1. The van der Waals surface area contributed by atoms with Crippen molar-refractivity contribution in [3.63, 3.8) is 0 Å². The van der Waals surface area contributed by atoms with Gasteiger partial charge in [-0.25, -0.2) is 8.42 Å². The first-order valence-electron chi connectivity index (χ1n) is 7.49. The summed E-state index contributed by atoms with van der Waals surface area (Å²) in [6.45, 7) is 2.04. The molecule has 24 heavy (non-hydrogen) atoms. The summed E-state index contributed by atoms with van der Waals surface area (Å²) in [5.74, 6) is 0.474. The third kappa shape index (κ3) is 2.94. The van der Waals surface area contributed by atoms with E-state index in [1.54, 1.807) is 29.2 Å². The highest BCUT2D eigenvalue weighted by Gasteiger charge is 2.27. The molecule has 6 nitrogen and oxygen atoms in total. The first kappa shape index (κ1) is 16.3. The second kappa shape index (κ2) is 6.16. The van der Waals surface area contributed by atoms with E-state index >= 15 is 0 Å². The minimum absolute atomic E-state index is 0.107. The summed E-state index contributed by atoms with van der Waals surface area (Å²) < 4.78 is 32.9. The first-order valence-corrected chi connectivity index (χ1v) is 8.97. The number of rotatable bonds is 4. The topological polar surface area (TPSA) is 75.7 Å². The van der Waals surface area contributed by atoms with E-state index in [9.17, 15) is 13.2 Å². The lowest BCUT2D eigenvalue weighted by Gasteiger charge is -2.19. The summed E-state index contributed by atoms with van der Waals surface area (Å²) in [6.07, 6.45) is 0.715. The number of hydrogen-bond acceptors (Lipinski definition) is 4. The molecule has 3 rings (SSSR count). The second-order valence-electron chi connectivity index (χ2n) is 5.51. The molecule has 2 aromatic rings. The Kier molecular flexibility index (Phi) is 4.19. The van der Waals surface area contributed by atoms with E-state index < -0.39 is 10.0 Å². The summed E-state index contributed by atoms with van der Waals surface area (Å²) in [5.41, 5.74) is 2.01. The largest absolute Gasteiger partial charge is 0.497 e. The van der Waals surface area contributed by atoms with Gasteiger partial charge in [0.05, 0.1) is 23.4 Å². The average molecular weight is 346 g/mol. The summed E-state index contributed by atoms with van der Waals surface area (Å²) >= 11 is 0. The Morgan fingerprint density at radius 2 is 1.88 bits per heavy atom. The molecular weight excluding hydrogens is 328 g/mol. The number of nitrogens with zero attached hydrogens (tertiary/aromatic N) is 1. The molecule has 0 aromatic heterocycles. The third-order valence-electron chi connectivity index (χ3n) is 3.99. The van der Waals surface area contributed by atoms with Crippen LogP contribution in [0.2, 0.25) is 0 Å². The Bertz CT molecular complexity index is 876. The minimum atomic E-state index is -3.75. The molecule has 0 bridgehead atoms. The Balaban J connectivity index is 1.96. The van der Waals surface area contributed by atoms with Gasteiger partial charge in [0, 0.05) is 13.5 Å². The van der Waals surface area contributed by atoms with Crippen LogP contribution in [0.3, 0.4) is 0 Å². The molecule has 0 atom stereocenters. The molecular formula is C17H18N2O4S. The molecule has 7 heteroatoms. The predicted octanol–water partition coefficient (Wildman–Crippen LogP) is 2.41. The molecule has 1 N–H and O–H groups in total. The number of sulfonamides is 1. The zero-order valence-corrected chi connectivity index (χ0v) is 14.3. The normalized spacial score (nSPS) is 13.5. The van der Waals surface area contributed by atoms with Gasteiger partial charge in [-0.15, -0.1) is 0 Å². The molecule has 1 heterocycles. The van der Waals surface area contributed by atoms with Crippen LogP contribution in [0.1, 0.15) is 12.5 Å². The summed E-state index contributed by atoms with van der Waals surface area (Å²) in [5, 5.41) is 0. The van der Waals surface area contributed by atoms with Crippen molar-refractivity contribution in [1.29, 1.82) is 0 Å². The number of methoxy groups -OCH3 is 1. The van der Waals surface area contributed by atoms with Crippen LogP contribution >= 0.6 is 0 Å². The van der Waals surface area contributed by atoms with Crippen molar-refractivity contribution in [1.82, 2.24) is 0 Å². The molecule has 0 radical (unpaired) electrons. The Morgan fingerprint density at radius 3 is 2.50 bits per heavy atom. The Hall–Kier alpha value is -2.54. The molecule has 0 unspecified atom stereocenters. The zero-order valence-electron chi connectivity index (χ0n) is 13.4. The fourth-order valence-corrected chi connectivity index (χ4v) is 3.88. The highest BCUT2D eigenvalue weighted by Crippen LogP contribution is 2.36. The van der Waals surface area contributed by atoms with E-state index in [-0.39, 0.29) is 10.8 Å². The van der Waals surface area contributed by atoms with Gasteiger partial charge in [0.25, 0.3) is 10.0 Å². The molecule has 0 fully saturated rings. The van der Waals surface area contributed by atoms with E-state index in [1.165, 1.54) is 26.2 Å². The van der Waals surface area contributed by atoms with E-state index in [0.29, 0.717) is 30.1 Å². The fraction of sp³-hybridized carbons (Fsp3) is 0.235. The maximum Gasteiger partial charge on any atom is 0.261 e. The number of amides is 1. The second-order valence-corrected chi connectivity index (χ2v) is 7.20. The summed E-state index contributed by atoms with van der Waals surface area (Å²) in [7, 11) is -2.23. The molecule has 0 aliphatic carbocycles. The monoisotopic (exact) mass is 346 g/mol. The van der Waals surface area contributed by atoms with Crippen molar-refractivity contribution in [2.75, 3.05) is 23.3 Å². The highest BCUT2D eigenvalue weighted by atomic mass is 32.2. The quantitative estimate of drug-likeness (QED) is 0.922. The van der Waals surface area contributed by atoms with Crippen molar-refractivity contribution in [3.8, 4) is 5.75 Å². The fourth-order valence-electron chi connectivity index (χ4n) is 2.81. The van der Waals surface area contributed by atoms with Crippen molar-refractivity contribution < 1.29 is 17.9 Å². The molecule has 1 amide bonds. The van der Waals surface area contributed by atoms with Gasteiger partial charge in [-0.05, 0) is 42.3 Å². The Morgan fingerprint density at radius 1 is 1.17 bits per heavy atom. The zero-order chi connectivity index (χ0) is 17.3. The Labute approximate surface area is 141 Å². The number of carbonyl (C=O) groups excluding carboxylic acids is 1.